The van der Waals surface area contributed by atoms with Crippen LogP contribution in [0.5, 0.6) is 0 Å². The van der Waals surface area contributed by atoms with Gasteiger partial charge in [0.2, 0.25) is 0 Å². The van der Waals surface area contributed by atoms with Crippen LogP contribution in [0.15, 0.2) is 18.2 Å². The molecule has 1 aromatic carbocycles. The van der Waals surface area contributed by atoms with Gasteiger partial charge >= 0.3 is 0 Å². The molecule has 1 fully saturated rings. The second kappa shape index (κ2) is 3.69. The minimum atomic E-state index is 0.619. The van der Waals surface area contributed by atoms with Crippen molar-refractivity contribution in [3.8, 4) is 0 Å². The number of nitrogens with one attached hydrogen (secondary N) is 1. The number of hydrogen-bond donors (Lipinski definition) is 1. The van der Waals surface area contributed by atoms with E-state index in [1.54, 1.807) is 0 Å². The number of nitrogens with zero attached hydrogens (tertiary/aromatic N) is 1. The lowest BCUT2D eigenvalue weighted by molar-refractivity contribution is 0.682. The molecule has 0 spiro atoms. The molecule has 3 rings (SSSR count). The van der Waals surface area contributed by atoms with E-state index in [1.165, 1.54) is 36.3 Å². The second-order valence-electron chi connectivity index (χ2n) is 5.30. The van der Waals surface area contributed by atoms with Gasteiger partial charge < -0.3 is 10.2 Å². The van der Waals surface area contributed by atoms with Gasteiger partial charge in [0.1, 0.15) is 0 Å². The van der Waals surface area contributed by atoms with Crippen LogP contribution in [-0.2, 0) is 0 Å². The first-order valence-corrected chi connectivity index (χ1v) is 6.40. The summed E-state index contributed by atoms with van der Waals surface area (Å²) in [5.41, 5.74) is 4.20. The van der Waals surface area contributed by atoms with Crippen LogP contribution in [0.3, 0.4) is 0 Å². The van der Waals surface area contributed by atoms with Gasteiger partial charge in [0.05, 0.1) is 11.4 Å². The molecule has 0 amide bonds. The topological polar surface area (TPSA) is 15.3 Å². The molecule has 16 heavy (non-hydrogen) atoms. The average Bonchev–Trinajstić information content (AvgIpc) is 2.76. The molecule has 0 saturated carbocycles. The summed E-state index contributed by atoms with van der Waals surface area (Å²) in [7, 11) is 0. The zero-order valence-electron chi connectivity index (χ0n) is 10.2. The van der Waals surface area contributed by atoms with Crippen molar-refractivity contribution in [3.63, 3.8) is 0 Å². The van der Waals surface area contributed by atoms with Crippen LogP contribution in [-0.4, -0.2) is 19.1 Å². The molecule has 1 aromatic rings. The Morgan fingerprint density at radius 2 is 2.25 bits per heavy atom. The summed E-state index contributed by atoms with van der Waals surface area (Å²) >= 11 is 0. The standard InChI is InChI=1S/C14H20N2/c1-10(2)11-5-6-13-14(8-11)16-7-3-4-12(16)9-15-13/h5-6,8,10,12,15H,3-4,7,9H2,1-2H3. The Kier molecular flexibility index (Phi) is 2.31. The van der Waals surface area contributed by atoms with E-state index in [1.807, 2.05) is 0 Å². The fourth-order valence-corrected chi connectivity index (χ4v) is 2.89. The Morgan fingerprint density at radius 1 is 1.38 bits per heavy atom. The molecule has 0 aromatic heterocycles. The summed E-state index contributed by atoms with van der Waals surface area (Å²) in [5.74, 6) is 0.619. The molecule has 2 aliphatic rings. The molecule has 2 heteroatoms. The Morgan fingerprint density at radius 3 is 3.06 bits per heavy atom. The molecule has 0 bridgehead atoms. The zero-order chi connectivity index (χ0) is 11.1. The third-order valence-corrected chi connectivity index (χ3v) is 3.90. The fourth-order valence-electron chi connectivity index (χ4n) is 2.89. The van der Waals surface area contributed by atoms with Gasteiger partial charge in [0, 0.05) is 19.1 Å². The maximum absolute atomic E-state index is 3.56. The quantitative estimate of drug-likeness (QED) is 0.775. The summed E-state index contributed by atoms with van der Waals surface area (Å²) in [5, 5.41) is 3.56. The molecule has 2 heterocycles. The van der Waals surface area contributed by atoms with E-state index in [2.05, 4.69) is 42.3 Å². The van der Waals surface area contributed by atoms with E-state index in [-0.39, 0.29) is 0 Å². The first-order chi connectivity index (χ1) is 7.75. The first kappa shape index (κ1) is 10.0. The number of anilines is 2. The minimum Gasteiger partial charge on any atom is -0.381 e. The number of benzene rings is 1. The SMILES string of the molecule is CC(C)c1ccc2c(c1)N1CCCC1CN2. The summed E-state index contributed by atoms with van der Waals surface area (Å²) in [4.78, 5) is 2.59. The van der Waals surface area contributed by atoms with Gasteiger partial charge in [-0.25, -0.2) is 0 Å². The van der Waals surface area contributed by atoms with Crippen molar-refractivity contribution < 1.29 is 0 Å². The third-order valence-electron chi connectivity index (χ3n) is 3.90. The molecule has 2 aliphatic heterocycles. The first-order valence-electron chi connectivity index (χ1n) is 6.40. The van der Waals surface area contributed by atoms with Crippen molar-refractivity contribution in [3.05, 3.63) is 23.8 Å². The third kappa shape index (κ3) is 1.48. The summed E-state index contributed by atoms with van der Waals surface area (Å²) in [6, 6.07) is 7.62. The summed E-state index contributed by atoms with van der Waals surface area (Å²) in [6.07, 6.45) is 2.69. The Bertz CT molecular complexity index is 398. The summed E-state index contributed by atoms with van der Waals surface area (Å²) < 4.78 is 0. The van der Waals surface area contributed by atoms with Gasteiger partial charge in [0.25, 0.3) is 0 Å². The smallest absolute Gasteiger partial charge is 0.0608 e. The Hall–Kier alpha value is -1.18. The van der Waals surface area contributed by atoms with E-state index in [4.69, 9.17) is 0 Å². The van der Waals surface area contributed by atoms with Crippen molar-refractivity contribution in [1.29, 1.82) is 0 Å². The van der Waals surface area contributed by atoms with Crippen molar-refractivity contribution in [1.82, 2.24) is 0 Å². The van der Waals surface area contributed by atoms with Gasteiger partial charge in [-0.2, -0.15) is 0 Å². The highest BCUT2D eigenvalue weighted by Crippen LogP contribution is 2.37. The van der Waals surface area contributed by atoms with E-state index in [0.29, 0.717) is 5.92 Å². The predicted octanol–water partition coefficient (Wildman–Crippen LogP) is 3.20. The van der Waals surface area contributed by atoms with Crippen LogP contribution < -0.4 is 10.2 Å². The largest absolute Gasteiger partial charge is 0.381 e. The maximum Gasteiger partial charge on any atom is 0.0608 e. The number of fused-ring (bicyclic) bond motifs is 3. The molecule has 1 atom stereocenters. The minimum absolute atomic E-state index is 0.619. The van der Waals surface area contributed by atoms with Crippen LogP contribution >= 0.6 is 0 Å². The zero-order valence-corrected chi connectivity index (χ0v) is 10.2. The molecule has 1 saturated heterocycles. The van der Waals surface area contributed by atoms with Crippen molar-refractivity contribution >= 4 is 11.4 Å². The predicted molar refractivity (Wildman–Crippen MR) is 69.4 cm³/mol. The van der Waals surface area contributed by atoms with E-state index >= 15 is 0 Å². The molecular weight excluding hydrogens is 196 g/mol. The van der Waals surface area contributed by atoms with Gasteiger partial charge in [-0.05, 0) is 36.5 Å². The lowest BCUT2D eigenvalue weighted by Crippen LogP contribution is -2.39. The monoisotopic (exact) mass is 216 g/mol. The Balaban J connectivity index is 2.02. The fraction of sp³-hybridized carbons (Fsp3) is 0.571. The highest BCUT2D eigenvalue weighted by atomic mass is 15.2. The highest BCUT2D eigenvalue weighted by molar-refractivity contribution is 5.74. The lowest BCUT2D eigenvalue weighted by Gasteiger charge is -2.35. The van der Waals surface area contributed by atoms with Crippen LogP contribution in [0.1, 0.15) is 38.2 Å². The van der Waals surface area contributed by atoms with Gasteiger partial charge in [-0.15, -0.1) is 0 Å². The van der Waals surface area contributed by atoms with Crippen molar-refractivity contribution in [2.75, 3.05) is 23.3 Å². The van der Waals surface area contributed by atoms with Crippen LogP contribution in [0.2, 0.25) is 0 Å². The van der Waals surface area contributed by atoms with Crippen molar-refractivity contribution in [2.24, 2.45) is 0 Å². The average molecular weight is 216 g/mol. The van der Waals surface area contributed by atoms with Crippen molar-refractivity contribution in [2.45, 2.75) is 38.6 Å². The molecule has 0 radical (unpaired) electrons. The maximum atomic E-state index is 3.56. The van der Waals surface area contributed by atoms with Crippen LogP contribution in [0, 0.1) is 0 Å². The summed E-state index contributed by atoms with van der Waals surface area (Å²) in [6.45, 7) is 6.88. The van der Waals surface area contributed by atoms with E-state index < -0.39 is 0 Å². The van der Waals surface area contributed by atoms with Gasteiger partial charge in [-0.1, -0.05) is 19.9 Å². The molecule has 86 valence electrons. The molecule has 2 nitrogen and oxygen atoms in total. The lowest BCUT2D eigenvalue weighted by atomic mass is 10.00. The highest BCUT2D eigenvalue weighted by Gasteiger charge is 2.29. The Labute approximate surface area is 97.6 Å². The van der Waals surface area contributed by atoms with Gasteiger partial charge in [-0.3, -0.25) is 0 Å². The molecule has 0 aliphatic carbocycles. The number of rotatable bonds is 1. The van der Waals surface area contributed by atoms with E-state index in [9.17, 15) is 0 Å². The molecular formula is C14H20N2. The van der Waals surface area contributed by atoms with Gasteiger partial charge in [0.15, 0.2) is 0 Å². The normalized spacial score (nSPS) is 22.9. The molecule has 1 N–H and O–H groups in total. The number of hydrogen-bond acceptors (Lipinski definition) is 2. The van der Waals surface area contributed by atoms with Crippen LogP contribution in [0.25, 0.3) is 0 Å². The van der Waals surface area contributed by atoms with E-state index in [0.717, 1.165) is 12.6 Å². The molecule has 1 unspecified atom stereocenters. The second-order valence-corrected chi connectivity index (χ2v) is 5.30. The van der Waals surface area contributed by atoms with Crippen LogP contribution in [0.4, 0.5) is 11.4 Å².